The fourth-order valence-corrected chi connectivity index (χ4v) is 9.59. The lowest BCUT2D eigenvalue weighted by Crippen LogP contribution is -2.53. The van der Waals surface area contributed by atoms with E-state index in [0.29, 0.717) is 52.3 Å². The normalized spacial score (nSPS) is 16.7. The average Bonchev–Trinajstić information content (AvgIpc) is 3.26. The highest BCUT2D eigenvalue weighted by molar-refractivity contribution is 7.90. The summed E-state index contributed by atoms with van der Waals surface area (Å²) in [7, 11) is -1.53. The number of benzene rings is 2. The first-order valence-electron chi connectivity index (χ1n) is 23.6. The Morgan fingerprint density at radius 2 is 1.44 bits per heavy atom. The van der Waals surface area contributed by atoms with Crippen LogP contribution in [0.5, 0.6) is 17.2 Å². The molecule has 1 fully saturated rings. The fourth-order valence-electron chi connectivity index (χ4n) is 8.09. The molecule has 2 heterocycles. The number of fused-ring (bicyclic) bond motifs is 1. The Bertz CT molecular complexity index is 2550. The molecule has 1 saturated heterocycles. The number of nitrogens with two attached hydrogens (primary N) is 1. The smallest absolute Gasteiger partial charge is 0.326 e. The van der Waals surface area contributed by atoms with Crippen molar-refractivity contribution in [3.63, 3.8) is 0 Å². The maximum absolute atomic E-state index is 14.4. The molecule has 2 aliphatic rings. The molecule has 72 heavy (non-hydrogen) atoms. The predicted molar refractivity (Wildman–Crippen MR) is 267 cm³/mol. The number of nitrogens with zero attached hydrogens (tertiary/aromatic N) is 5. The Morgan fingerprint density at radius 1 is 0.847 bits per heavy atom. The van der Waals surface area contributed by atoms with Crippen LogP contribution in [-0.2, 0) is 61.3 Å². The van der Waals surface area contributed by atoms with Crippen molar-refractivity contribution in [3.8, 4) is 17.2 Å². The van der Waals surface area contributed by atoms with Crippen LogP contribution in [0.3, 0.4) is 0 Å². The molecule has 0 aliphatic carbocycles. The Balaban J connectivity index is 1.72. The van der Waals surface area contributed by atoms with Crippen LogP contribution in [0.1, 0.15) is 96.0 Å². The highest BCUT2D eigenvalue weighted by Gasteiger charge is 2.35. The summed E-state index contributed by atoms with van der Waals surface area (Å²) >= 11 is 0. The van der Waals surface area contributed by atoms with Gasteiger partial charge in [0.2, 0.25) is 41.4 Å². The largest absolute Gasteiger partial charge is 0.497 e. The average molecular weight is 1030 g/mol. The van der Waals surface area contributed by atoms with Crippen LogP contribution in [0.15, 0.2) is 27.5 Å². The zero-order chi connectivity index (χ0) is 54.1. The van der Waals surface area contributed by atoms with Gasteiger partial charge in [0.05, 0.1) is 38.7 Å². The predicted octanol–water partition coefficient (Wildman–Crippen LogP) is 1.62. The van der Waals surface area contributed by atoms with Crippen LogP contribution in [0, 0.1) is 20.8 Å². The maximum Gasteiger partial charge on any atom is 0.326 e. The van der Waals surface area contributed by atoms with E-state index in [1.54, 1.807) is 80.5 Å². The molecule has 2 aliphatic heterocycles. The molecule has 0 unspecified atom stereocenters. The third kappa shape index (κ3) is 16.5. The summed E-state index contributed by atoms with van der Waals surface area (Å²) in [5, 5.41) is 7.58. The van der Waals surface area contributed by atoms with Crippen molar-refractivity contribution in [3.05, 3.63) is 46.0 Å². The van der Waals surface area contributed by atoms with Gasteiger partial charge in [0.15, 0.2) is 0 Å². The third-order valence-corrected chi connectivity index (χ3v) is 13.2. The van der Waals surface area contributed by atoms with Crippen molar-refractivity contribution in [2.24, 2.45) is 10.1 Å². The summed E-state index contributed by atoms with van der Waals surface area (Å²) in [6.07, 6.45) is 1.27. The van der Waals surface area contributed by atoms with Crippen molar-refractivity contribution in [1.82, 2.24) is 35.6 Å². The fraction of sp³-hybridized carbons (Fsp3) is 0.592. The van der Waals surface area contributed by atoms with Gasteiger partial charge in [-0.1, -0.05) is 0 Å². The van der Waals surface area contributed by atoms with E-state index in [1.165, 1.54) is 19.1 Å². The van der Waals surface area contributed by atoms with E-state index in [9.17, 15) is 42.0 Å². The summed E-state index contributed by atoms with van der Waals surface area (Å²) in [6.45, 7) is 14.2. The molecular weight excluding hydrogens is 955 g/mol. The molecule has 2 aromatic rings. The van der Waals surface area contributed by atoms with Crippen LogP contribution in [0.4, 0.5) is 0 Å². The van der Waals surface area contributed by atoms with Gasteiger partial charge in [-0.3, -0.25) is 33.6 Å². The summed E-state index contributed by atoms with van der Waals surface area (Å²) in [4.78, 5) is 98.5. The van der Waals surface area contributed by atoms with Crippen molar-refractivity contribution >= 4 is 57.4 Å². The van der Waals surface area contributed by atoms with Gasteiger partial charge in [0, 0.05) is 36.8 Å². The van der Waals surface area contributed by atoms with Crippen molar-refractivity contribution in [1.29, 1.82) is 0 Å². The highest BCUT2D eigenvalue weighted by Crippen LogP contribution is 2.42. The Morgan fingerprint density at radius 3 is 2.01 bits per heavy atom. The molecule has 0 bridgehead atoms. The van der Waals surface area contributed by atoms with Gasteiger partial charge in [-0.05, 0) is 130 Å². The van der Waals surface area contributed by atoms with Crippen LogP contribution in [0.2, 0.25) is 0 Å². The molecule has 398 valence electrons. The van der Waals surface area contributed by atoms with Crippen molar-refractivity contribution in [2.75, 3.05) is 73.1 Å². The number of amides is 6. The van der Waals surface area contributed by atoms with Crippen molar-refractivity contribution < 1.29 is 60.9 Å². The Labute approximate surface area is 422 Å². The molecule has 0 aromatic heterocycles. The van der Waals surface area contributed by atoms with Gasteiger partial charge in [0.25, 0.3) is 10.0 Å². The third-order valence-electron chi connectivity index (χ3n) is 11.7. The number of guanidine groups is 1. The van der Waals surface area contributed by atoms with Crippen LogP contribution in [-0.4, -0.2) is 165 Å². The number of nitrogens with one attached hydrogen (secondary N) is 3. The molecule has 22 nitrogen and oxygen atoms in total. The summed E-state index contributed by atoms with van der Waals surface area (Å²) < 4.78 is 55.8. The van der Waals surface area contributed by atoms with E-state index in [-0.39, 0.29) is 31.0 Å². The van der Waals surface area contributed by atoms with E-state index < -0.39 is 120 Å². The molecule has 5 N–H and O–H groups in total. The second-order valence-corrected chi connectivity index (χ2v) is 22.0. The summed E-state index contributed by atoms with van der Waals surface area (Å²) in [5.74, 6) is -4.44. The molecule has 0 atom stereocenters. The molecule has 23 heteroatoms. The quantitative estimate of drug-likeness (QED) is 0.119. The number of hydrogen-bond acceptors (Lipinski definition) is 13. The molecule has 0 spiro atoms. The first-order valence-corrected chi connectivity index (χ1v) is 25.0. The summed E-state index contributed by atoms with van der Waals surface area (Å²) in [6, 6.07) is 5.05. The van der Waals surface area contributed by atoms with E-state index >= 15 is 0 Å². The van der Waals surface area contributed by atoms with Crippen LogP contribution < -0.4 is 35.9 Å². The molecular formula is C49H73N9O13S. The van der Waals surface area contributed by atoms with Gasteiger partial charge in [-0.15, -0.1) is 4.40 Å². The van der Waals surface area contributed by atoms with Gasteiger partial charge in [-0.25, -0.2) is 0 Å². The topological polar surface area (TPSA) is 278 Å². The van der Waals surface area contributed by atoms with E-state index in [1.807, 2.05) is 13.8 Å². The van der Waals surface area contributed by atoms with Crippen LogP contribution in [0.25, 0.3) is 0 Å². The summed E-state index contributed by atoms with van der Waals surface area (Å²) in [5.41, 5.74) is 7.55. The number of carbonyl (C=O) groups excluding carboxylic acids is 7. The lowest BCUT2D eigenvalue weighted by atomic mass is 9.88. The number of ether oxygens (including phenoxy) is 4. The van der Waals surface area contributed by atoms with Gasteiger partial charge in [0.1, 0.15) is 54.6 Å². The number of esters is 1. The SMILES string of the molecule is COc1ccc(CN(CCCN2CC(=O)NCC(=O)N(CC(=O)OC(C)(C)C)CC(=O)NCC(=O)N(CC(=O)NC(C)(C)C)CC2=O)/C(N)=N\S(=O)(=O)c2c(C)c(C)c3c(c2C)CCC(C)(C)O3)c(OC)c1. The van der Waals surface area contributed by atoms with Gasteiger partial charge >= 0.3 is 5.97 Å². The van der Waals surface area contributed by atoms with Gasteiger partial charge in [-0.2, -0.15) is 8.42 Å². The Hall–Kier alpha value is -6.65. The zero-order valence-corrected chi connectivity index (χ0v) is 44.8. The number of rotatable bonds is 14. The minimum absolute atomic E-state index is 0.00595. The maximum atomic E-state index is 14.4. The first kappa shape index (κ1) is 57.9. The molecule has 0 saturated carbocycles. The van der Waals surface area contributed by atoms with E-state index in [4.69, 9.17) is 24.7 Å². The van der Waals surface area contributed by atoms with Crippen LogP contribution >= 0.6 is 0 Å². The molecule has 6 amide bonds. The van der Waals surface area contributed by atoms with Crippen molar-refractivity contribution in [2.45, 2.75) is 124 Å². The minimum Gasteiger partial charge on any atom is -0.497 e. The second kappa shape index (κ2) is 23.7. The highest BCUT2D eigenvalue weighted by atomic mass is 32.2. The lowest BCUT2D eigenvalue weighted by Gasteiger charge is -2.35. The number of sulfonamides is 1. The van der Waals surface area contributed by atoms with E-state index in [0.717, 1.165) is 20.3 Å². The second-order valence-electron chi connectivity index (χ2n) is 20.5. The molecule has 2 aromatic carbocycles. The number of carbonyl (C=O) groups is 7. The standard InChI is InChI=1S/C49H73N9O13S/c1-30-31(2)45(32(3)35-17-18-49(10,11)71-44(30)35)72(66,67)54-46(50)56(24-33-15-16-34(68-12)21-36(33)69-13)20-14-19-55-25-37(59)51-23-41(63)58(29-43(65)70-48(7,8)9)26-38(60)52-22-40(62)57(28-42(55)64)27-39(61)53-47(4,5)6/h15-16,21H,14,17-20,22-29H2,1-13H3,(H2,50,54)(H,51,59)(H,52,60)(H,53,61). The number of methoxy groups -OCH3 is 2. The lowest BCUT2D eigenvalue weighted by molar-refractivity contribution is -0.159. The molecule has 0 radical (unpaired) electrons. The first-order chi connectivity index (χ1) is 33.3. The van der Waals surface area contributed by atoms with E-state index in [2.05, 4.69) is 20.3 Å². The molecule has 4 rings (SSSR count). The monoisotopic (exact) mass is 1030 g/mol. The Kier molecular flexibility index (Phi) is 19.1. The van der Waals surface area contributed by atoms with Gasteiger partial charge < -0.3 is 60.2 Å². The zero-order valence-electron chi connectivity index (χ0n) is 44.0. The number of hydrogen-bond donors (Lipinski definition) is 4. The minimum atomic E-state index is -4.48.